The van der Waals surface area contributed by atoms with E-state index in [1.54, 1.807) is 0 Å². The van der Waals surface area contributed by atoms with Gasteiger partial charge in [0, 0.05) is 5.57 Å². The molecule has 0 spiro atoms. The number of hydrogen-bond acceptors (Lipinski definition) is 1. The minimum absolute atomic E-state index is 0.314. The van der Waals surface area contributed by atoms with Gasteiger partial charge in [0.05, 0.1) is 0 Å². The van der Waals surface area contributed by atoms with E-state index < -0.39 is 5.97 Å². The van der Waals surface area contributed by atoms with Gasteiger partial charge < -0.3 is 5.11 Å². The highest BCUT2D eigenvalue weighted by atomic mass is 16.4. The van der Waals surface area contributed by atoms with E-state index >= 15 is 0 Å². The van der Waals surface area contributed by atoms with Crippen molar-refractivity contribution in [1.82, 2.24) is 0 Å². The summed E-state index contributed by atoms with van der Waals surface area (Å²) in [6.07, 6.45) is 1.61. The van der Waals surface area contributed by atoms with Crippen molar-refractivity contribution in [1.29, 1.82) is 0 Å². The van der Waals surface area contributed by atoms with E-state index in [4.69, 9.17) is 5.11 Å². The second-order valence-corrected chi connectivity index (χ2v) is 2.63. The summed E-state index contributed by atoms with van der Waals surface area (Å²) in [5, 5.41) is 8.43. The van der Waals surface area contributed by atoms with Crippen molar-refractivity contribution in [3.63, 3.8) is 0 Å². The minimum Gasteiger partial charge on any atom is -0.478 e. The molecule has 0 aromatic rings. The Bertz CT molecular complexity index is 138. The van der Waals surface area contributed by atoms with E-state index in [1.807, 2.05) is 13.8 Å². The maximum absolute atomic E-state index is 10.3. The number of aliphatic carboxylic acids is 1. The van der Waals surface area contributed by atoms with Gasteiger partial charge in [-0.1, -0.05) is 26.8 Å². The van der Waals surface area contributed by atoms with Crippen LogP contribution in [0.1, 0.15) is 26.7 Å². The molecule has 1 atom stereocenters. The van der Waals surface area contributed by atoms with E-state index in [0.717, 1.165) is 6.42 Å². The Labute approximate surface area is 61.6 Å². The third-order valence-corrected chi connectivity index (χ3v) is 1.59. The van der Waals surface area contributed by atoms with Gasteiger partial charge in [-0.3, -0.25) is 0 Å². The van der Waals surface area contributed by atoms with E-state index in [2.05, 4.69) is 6.58 Å². The van der Waals surface area contributed by atoms with E-state index in [9.17, 15) is 4.79 Å². The molecule has 0 aromatic carbocycles. The first kappa shape index (κ1) is 9.21. The van der Waals surface area contributed by atoms with Gasteiger partial charge in [0.15, 0.2) is 0 Å². The zero-order valence-electron chi connectivity index (χ0n) is 6.55. The van der Waals surface area contributed by atoms with Crippen molar-refractivity contribution in [2.75, 3.05) is 0 Å². The van der Waals surface area contributed by atoms with Crippen molar-refractivity contribution >= 4 is 5.97 Å². The first-order valence-electron chi connectivity index (χ1n) is 3.49. The lowest BCUT2D eigenvalue weighted by Crippen LogP contribution is -2.03. The summed E-state index contributed by atoms with van der Waals surface area (Å²) in [4.78, 5) is 10.3. The lowest BCUT2D eigenvalue weighted by atomic mass is 10.0. The molecule has 0 aromatic heterocycles. The average molecular weight is 142 g/mol. The van der Waals surface area contributed by atoms with Crippen molar-refractivity contribution in [2.45, 2.75) is 26.7 Å². The smallest absolute Gasteiger partial charge is 0.330 e. The molecule has 0 fully saturated rings. The number of carboxylic acid groups (broad SMARTS) is 1. The zero-order valence-corrected chi connectivity index (χ0v) is 6.55. The maximum atomic E-state index is 10.3. The van der Waals surface area contributed by atoms with Gasteiger partial charge in [-0.05, 0) is 12.3 Å². The summed E-state index contributed by atoms with van der Waals surface area (Å²) in [6.45, 7) is 7.51. The third-order valence-electron chi connectivity index (χ3n) is 1.59. The van der Waals surface area contributed by atoms with Gasteiger partial charge in [0.1, 0.15) is 0 Å². The van der Waals surface area contributed by atoms with Crippen molar-refractivity contribution in [3.8, 4) is 0 Å². The lowest BCUT2D eigenvalue weighted by Gasteiger charge is -2.06. The second-order valence-electron chi connectivity index (χ2n) is 2.63. The molecular formula is C8H14O2. The normalized spacial score (nSPS) is 12.6. The van der Waals surface area contributed by atoms with Crippen LogP contribution in [0, 0.1) is 5.92 Å². The largest absolute Gasteiger partial charge is 0.478 e. The van der Waals surface area contributed by atoms with Gasteiger partial charge in [0.2, 0.25) is 0 Å². The van der Waals surface area contributed by atoms with Gasteiger partial charge >= 0.3 is 5.97 Å². The monoisotopic (exact) mass is 142 g/mol. The summed E-state index contributed by atoms with van der Waals surface area (Å²) in [5.74, 6) is -0.441. The molecule has 0 rings (SSSR count). The third kappa shape index (κ3) is 3.28. The van der Waals surface area contributed by atoms with E-state index in [1.165, 1.54) is 0 Å². The van der Waals surface area contributed by atoms with Crippen LogP contribution in [0.2, 0.25) is 0 Å². The fourth-order valence-electron chi connectivity index (χ4n) is 0.652. The molecule has 0 saturated heterocycles. The Kier molecular flexibility index (Phi) is 3.77. The van der Waals surface area contributed by atoms with Crippen LogP contribution in [0.4, 0.5) is 0 Å². The van der Waals surface area contributed by atoms with Crippen molar-refractivity contribution in [3.05, 3.63) is 12.2 Å². The SMILES string of the molecule is C=C(C[C@@H](C)CC)C(=O)O. The Balaban J connectivity index is 3.68. The lowest BCUT2D eigenvalue weighted by molar-refractivity contribution is -0.132. The summed E-state index contributed by atoms with van der Waals surface area (Å²) < 4.78 is 0. The Morgan fingerprint density at radius 3 is 2.50 bits per heavy atom. The number of carbonyl (C=O) groups is 1. The van der Waals surface area contributed by atoms with Gasteiger partial charge in [-0.15, -0.1) is 0 Å². The van der Waals surface area contributed by atoms with E-state index in [0.29, 0.717) is 17.9 Å². The number of rotatable bonds is 4. The molecule has 0 aliphatic heterocycles. The average Bonchev–Trinajstić information content (AvgIpc) is 1.87. The summed E-state index contributed by atoms with van der Waals surface area (Å²) in [6, 6.07) is 0. The molecule has 0 aliphatic carbocycles. The van der Waals surface area contributed by atoms with E-state index in [-0.39, 0.29) is 0 Å². The van der Waals surface area contributed by atoms with Crippen LogP contribution in [0.25, 0.3) is 0 Å². The molecule has 0 radical (unpaired) electrons. The van der Waals surface area contributed by atoms with Crippen LogP contribution in [0.15, 0.2) is 12.2 Å². The van der Waals surface area contributed by atoms with Crippen LogP contribution in [0.3, 0.4) is 0 Å². The Hall–Kier alpha value is -0.790. The van der Waals surface area contributed by atoms with Crippen LogP contribution < -0.4 is 0 Å². The molecule has 2 nitrogen and oxygen atoms in total. The molecular weight excluding hydrogens is 128 g/mol. The Morgan fingerprint density at radius 2 is 2.20 bits per heavy atom. The first-order chi connectivity index (χ1) is 4.57. The highest BCUT2D eigenvalue weighted by Crippen LogP contribution is 2.12. The maximum Gasteiger partial charge on any atom is 0.330 e. The quantitative estimate of drug-likeness (QED) is 0.610. The highest BCUT2D eigenvalue weighted by Gasteiger charge is 2.07. The zero-order chi connectivity index (χ0) is 8.15. The molecule has 1 N–H and O–H groups in total. The van der Waals surface area contributed by atoms with Gasteiger partial charge in [0.25, 0.3) is 0 Å². The predicted octanol–water partition coefficient (Wildman–Crippen LogP) is 2.06. The van der Waals surface area contributed by atoms with Gasteiger partial charge in [-0.25, -0.2) is 4.79 Å². The molecule has 0 aliphatic rings. The molecule has 58 valence electrons. The molecule has 0 bridgehead atoms. The van der Waals surface area contributed by atoms with Crippen LogP contribution in [0.5, 0.6) is 0 Å². The van der Waals surface area contributed by atoms with Crippen LogP contribution >= 0.6 is 0 Å². The number of hydrogen-bond donors (Lipinski definition) is 1. The summed E-state index contributed by atoms with van der Waals surface area (Å²) in [7, 11) is 0. The van der Waals surface area contributed by atoms with Crippen LogP contribution in [-0.2, 0) is 4.79 Å². The predicted molar refractivity (Wildman–Crippen MR) is 40.8 cm³/mol. The molecule has 2 heteroatoms. The highest BCUT2D eigenvalue weighted by molar-refractivity contribution is 5.85. The fraction of sp³-hybridized carbons (Fsp3) is 0.625. The molecule has 0 unspecified atom stereocenters. The van der Waals surface area contributed by atoms with Gasteiger partial charge in [-0.2, -0.15) is 0 Å². The molecule has 10 heavy (non-hydrogen) atoms. The van der Waals surface area contributed by atoms with Crippen molar-refractivity contribution < 1.29 is 9.90 Å². The molecule has 0 saturated carbocycles. The topological polar surface area (TPSA) is 37.3 Å². The first-order valence-corrected chi connectivity index (χ1v) is 3.49. The second kappa shape index (κ2) is 4.09. The summed E-state index contributed by atoms with van der Waals surface area (Å²) >= 11 is 0. The van der Waals surface area contributed by atoms with Crippen molar-refractivity contribution in [2.24, 2.45) is 5.92 Å². The number of carboxylic acids is 1. The molecule has 0 amide bonds. The standard InChI is InChI=1S/C8H14O2/c1-4-6(2)5-7(3)8(9)10/h6H,3-5H2,1-2H3,(H,9,10)/t6-/m0/s1. The minimum atomic E-state index is -0.875. The Morgan fingerprint density at radius 1 is 1.70 bits per heavy atom. The fourth-order valence-corrected chi connectivity index (χ4v) is 0.652. The summed E-state index contributed by atoms with van der Waals surface area (Å²) in [5.41, 5.74) is 0.314. The molecule has 0 heterocycles. The van der Waals surface area contributed by atoms with Crippen LogP contribution in [-0.4, -0.2) is 11.1 Å².